The highest BCUT2D eigenvalue weighted by molar-refractivity contribution is 6.31. The van der Waals surface area contributed by atoms with E-state index >= 15 is 0 Å². The minimum Gasteiger partial charge on any atom is -0.468 e. The Hall–Kier alpha value is -2.41. The van der Waals surface area contributed by atoms with Crippen molar-refractivity contribution in [2.75, 3.05) is 44.7 Å². The number of carbonyl (C=O) groups is 1. The van der Waals surface area contributed by atoms with Crippen molar-refractivity contribution in [3.63, 3.8) is 0 Å². The first-order valence-corrected chi connectivity index (χ1v) is 10.1. The molecule has 0 unspecified atom stereocenters. The smallest absolute Gasteiger partial charge is 0.319 e. The van der Waals surface area contributed by atoms with Crippen LogP contribution >= 0.6 is 23.2 Å². The molecule has 1 aliphatic heterocycles. The monoisotopic (exact) mass is 430 g/mol. The van der Waals surface area contributed by atoms with Crippen molar-refractivity contribution in [3.05, 3.63) is 52.8 Å². The number of methoxy groups -OCH3 is 1. The molecule has 1 aromatic heterocycles. The number of aromatic nitrogens is 2. The van der Waals surface area contributed by atoms with Crippen LogP contribution < -0.4 is 4.90 Å². The molecule has 3 aromatic rings. The number of hydrogen-bond acceptors (Lipinski definition) is 6. The molecule has 6 nitrogen and oxygen atoms in total. The van der Waals surface area contributed by atoms with Crippen LogP contribution in [-0.4, -0.2) is 60.7 Å². The molecule has 2 heterocycles. The lowest BCUT2D eigenvalue weighted by atomic mass is 10.1. The van der Waals surface area contributed by atoms with Crippen LogP contribution in [0.1, 0.15) is 0 Å². The van der Waals surface area contributed by atoms with Gasteiger partial charge in [0.2, 0.25) is 5.28 Å². The fraction of sp³-hybridized carbons (Fsp3) is 0.286. The molecule has 0 bridgehead atoms. The normalized spacial score (nSPS) is 14.9. The van der Waals surface area contributed by atoms with E-state index in [0.717, 1.165) is 54.0 Å². The summed E-state index contributed by atoms with van der Waals surface area (Å²) in [6.45, 7) is 3.69. The van der Waals surface area contributed by atoms with E-state index in [1.165, 1.54) is 7.11 Å². The van der Waals surface area contributed by atoms with Gasteiger partial charge in [0, 0.05) is 47.8 Å². The molecule has 0 aliphatic carbocycles. The molecule has 150 valence electrons. The van der Waals surface area contributed by atoms with Crippen molar-refractivity contribution in [3.8, 4) is 11.3 Å². The Morgan fingerprint density at radius 3 is 2.45 bits per heavy atom. The summed E-state index contributed by atoms with van der Waals surface area (Å²) in [4.78, 5) is 24.6. The zero-order valence-electron chi connectivity index (χ0n) is 15.9. The van der Waals surface area contributed by atoms with Gasteiger partial charge in [-0.15, -0.1) is 0 Å². The van der Waals surface area contributed by atoms with E-state index < -0.39 is 0 Å². The molecule has 0 atom stereocenters. The summed E-state index contributed by atoms with van der Waals surface area (Å²) in [5.74, 6) is -0.196. The fourth-order valence-electron chi connectivity index (χ4n) is 3.53. The number of ether oxygens (including phenoxy) is 1. The number of anilines is 1. The average molecular weight is 431 g/mol. The zero-order valence-corrected chi connectivity index (χ0v) is 17.5. The fourth-order valence-corrected chi connectivity index (χ4v) is 3.88. The van der Waals surface area contributed by atoms with Gasteiger partial charge in [0.15, 0.2) is 0 Å². The van der Waals surface area contributed by atoms with Crippen molar-refractivity contribution in [2.45, 2.75) is 0 Å². The maximum absolute atomic E-state index is 11.4. The highest BCUT2D eigenvalue weighted by Gasteiger charge is 2.19. The lowest BCUT2D eigenvalue weighted by molar-refractivity contribution is -0.142. The summed E-state index contributed by atoms with van der Waals surface area (Å²) < 4.78 is 4.74. The van der Waals surface area contributed by atoms with Crippen molar-refractivity contribution >= 4 is 45.8 Å². The number of esters is 1. The van der Waals surface area contributed by atoms with E-state index in [9.17, 15) is 4.79 Å². The van der Waals surface area contributed by atoms with E-state index in [-0.39, 0.29) is 11.3 Å². The number of fused-ring (bicyclic) bond motifs is 1. The zero-order chi connectivity index (χ0) is 20.4. The van der Waals surface area contributed by atoms with Crippen molar-refractivity contribution < 1.29 is 9.53 Å². The van der Waals surface area contributed by atoms with Crippen LogP contribution in [-0.2, 0) is 9.53 Å². The molecule has 1 saturated heterocycles. The summed E-state index contributed by atoms with van der Waals surface area (Å²) in [6.07, 6.45) is 0. The number of hydrogen-bond donors (Lipinski definition) is 0. The quantitative estimate of drug-likeness (QED) is 0.462. The molecule has 8 heteroatoms. The molecule has 0 radical (unpaired) electrons. The van der Waals surface area contributed by atoms with Gasteiger partial charge in [-0.25, -0.2) is 9.97 Å². The van der Waals surface area contributed by atoms with Gasteiger partial charge < -0.3 is 9.64 Å². The van der Waals surface area contributed by atoms with Gasteiger partial charge in [-0.1, -0.05) is 23.7 Å². The number of nitrogens with zero attached hydrogens (tertiary/aromatic N) is 4. The standard InChI is InChI=1S/C21H20Cl2N4O2/c1-29-19(28)13-26-8-10-27(11-9-26)16-5-2-14(3-6-16)20-17-12-15(22)4-7-18(17)24-21(23)25-20/h2-7,12H,8-11,13H2,1H3. The lowest BCUT2D eigenvalue weighted by Crippen LogP contribution is -2.48. The van der Waals surface area contributed by atoms with Crippen molar-refractivity contribution in [1.82, 2.24) is 14.9 Å². The van der Waals surface area contributed by atoms with Gasteiger partial charge in [-0.3, -0.25) is 9.69 Å². The molecular weight excluding hydrogens is 411 g/mol. The van der Waals surface area contributed by atoms with E-state index in [4.69, 9.17) is 27.9 Å². The van der Waals surface area contributed by atoms with Crippen molar-refractivity contribution in [2.24, 2.45) is 0 Å². The molecule has 1 fully saturated rings. The molecule has 0 amide bonds. The van der Waals surface area contributed by atoms with E-state index in [2.05, 4.69) is 31.9 Å². The van der Waals surface area contributed by atoms with E-state index in [1.807, 2.05) is 24.3 Å². The number of rotatable bonds is 4. The number of benzene rings is 2. The Kier molecular flexibility index (Phi) is 5.85. The van der Waals surface area contributed by atoms with Gasteiger partial charge in [0.05, 0.1) is 24.9 Å². The van der Waals surface area contributed by atoms with Crippen LogP contribution in [0.4, 0.5) is 5.69 Å². The van der Waals surface area contributed by atoms with Crippen molar-refractivity contribution in [1.29, 1.82) is 0 Å². The Morgan fingerprint density at radius 2 is 1.76 bits per heavy atom. The third-order valence-corrected chi connectivity index (χ3v) is 5.49. The lowest BCUT2D eigenvalue weighted by Gasteiger charge is -2.35. The summed E-state index contributed by atoms with van der Waals surface area (Å²) in [7, 11) is 1.42. The molecule has 2 aromatic carbocycles. The first kappa shape index (κ1) is 19.9. The second-order valence-electron chi connectivity index (χ2n) is 6.89. The molecule has 0 saturated carbocycles. The molecule has 4 rings (SSSR count). The largest absolute Gasteiger partial charge is 0.468 e. The average Bonchev–Trinajstić information content (AvgIpc) is 2.74. The minimum atomic E-state index is -0.196. The van der Waals surface area contributed by atoms with Gasteiger partial charge in [-0.2, -0.15) is 0 Å². The summed E-state index contributed by atoms with van der Waals surface area (Å²) in [5.41, 5.74) is 3.61. The highest BCUT2D eigenvalue weighted by atomic mass is 35.5. The van der Waals surface area contributed by atoms with Crippen LogP contribution in [0.25, 0.3) is 22.2 Å². The first-order valence-electron chi connectivity index (χ1n) is 9.31. The predicted molar refractivity (Wildman–Crippen MR) is 116 cm³/mol. The van der Waals surface area contributed by atoms with Crippen LogP contribution in [0, 0.1) is 0 Å². The Bertz CT molecular complexity index is 1030. The summed E-state index contributed by atoms with van der Waals surface area (Å²) >= 11 is 12.3. The van der Waals surface area contributed by atoms with Gasteiger partial charge >= 0.3 is 5.97 Å². The predicted octanol–water partition coefficient (Wildman–Crippen LogP) is 3.90. The maximum Gasteiger partial charge on any atom is 0.319 e. The van der Waals surface area contributed by atoms with E-state index in [0.29, 0.717) is 11.6 Å². The number of halogens is 2. The topological polar surface area (TPSA) is 58.6 Å². The third-order valence-electron chi connectivity index (χ3n) is 5.09. The minimum absolute atomic E-state index is 0.196. The molecule has 1 aliphatic rings. The van der Waals surface area contributed by atoms with Gasteiger partial charge in [0.1, 0.15) is 0 Å². The summed E-state index contributed by atoms with van der Waals surface area (Å²) in [5, 5.41) is 1.71. The SMILES string of the molecule is COC(=O)CN1CCN(c2ccc(-c3nc(Cl)nc4ccc(Cl)cc34)cc2)CC1. The third kappa shape index (κ3) is 4.45. The maximum atomic E-state index is 11.4. The molecular formula is C21H20Cl2N4O2. The highest BCUT2D eigenvalue weighted by Crippen LogP contribution is 2.30. The van der Waals surface area contributed by atoms with Gasteiger partial charge in [0.25, 0.3) is 0 Å². The molecule has 29 heavy (non-hydrogen) atoms. The molecule has 0 N–H and O–H groups in total. The van der Waals surface area contributed by atoms with Gasteiger partial charge in [-0.05, 0) is 41.9 Å². The Balaban J connectivity index is 1.53. The number of carbonyl (C=O) groups excluding carboxylic acids is 1. The van der Waals surface area contributed by atoms with Crippen LogP contribution in [0.5, 0.6) is 0 Å². The van der Waals surface area contributed by atoms with Crippen LogP contribution in [0.2, 0.25) is 10.3 Å². The summed E-state index contributed by atoms with van der Waals surface area (Å²) in [6, 6.07) is 13.7. The molecule has 0 spiro atoms. The van der Waals surface area contributed by atoms with E-state index in [1.54, 1.807) is 6.07 Å². The van der Waals surface area contributed by atoms with Crippen LogP contribution in [0.3, 0.4) is 0 Å². The number of piperazine rings is 1. The first-order chi connectivity index (χ1) is 14.0. The second-order valence-corrected chi connectivity index (χ2v) is 7.66. The van der Waals surface area contributed by atoms with Crippen LogP contribution in [0.15, 0.2) is 42.5 Å². The Morgan fingerprint density at radius 1 is 1.03 bits per heavy atom. The Labute approximate surface area is 179 Å². The second kappa shape index (κ2) is 8.53.